The van der Waals surface area contributed by atoms with Crippen molar-refractivity contribution in [2.24, 2.45) is 0 Å². The molecule has 0 amide bonds. The Balaban J connectivity index is 2.07. The van der Waals surface area contributed by atoms with Gasteiger partial charge in [0.15, 0.2) is 6.29 Å². The van der Waals surface area contributed by atoms with Crippen molar-refractivity contribution in [3.63, 3.8) is 0 Å². The maximum Gasteiger partial charge on any atom is 0.191 e. The molecule has 2 N–H and O–H groups in total. The summed E-state index contributed by atoms with van der Waals surface area (Å²) in [4.78, 5) is 0. The molecule has 1 aromatic rings. The summed E-state index contributed by atoms with van der Waals surface area (Å²) in [7, 11) is 0. The molecule has 0 aromatic heterocycles. The third kappa shape index (κ3) is 4.85. The fourth-order valence-corrected chi connectivity index (χ4v) is 2.69. The molecule has 0 saturated heterocycles. The molecule has 0 saturated carbocycles. The van der Waals surface area contributed by atoms with Gasteiger partial charge in [-0.25, -0.2) is 0 Å². The SMILES string of the molecule is CCOC(COc1cc(N)c([C@@H]2C=CC=CC2)cc1C)OCC. The lowest BCUT2D eigenvalue weighted by Gasteiger charge is -2.21. The molecule has 23 heavy (non-hydrogen) atoms. The number of allylic oxidation sites excluding steroid dienone is 4. The zero-order chi connectivity index (χ0) is 16.7. The van der Waals surface area contributed by atoms with Gasteiger partial charge in [0.25, 0.3) is 0 Å². The van der Waals surface area contributed by atoms with Crippen molar-refractivity contribution in [2.45, 2.75) is 39.4 Å². The number of hydrogen-bond acceptors (Lipinski definition) is 4. The maximum absolute atomic E-state index is 6.24. The number of nitrogens with two attached hydrogens (primary N) is 1. The molecular formula is C19H27NO3. The number of nitrogen functional groups attached to an aromatic ring is 1. The Kier molecular flexibility index (Phi) is 6.68. The average molecular weight is 317 g/mol. The molecule has 2 rings (SSSR count). The lowest BCUT2D eigenvalue weighted by molar-refractivity contribution is -0.152. The van der Waals surface area contributed by atoms with Gasteiger partial charge in [-0.1, -0.05) is 24.3 Å². The maximum atomic E-state index is 6.24. The van der Waals surface area contributed by atoms with Crippen molar-refractivity contribution >= 4 is 5.69 Å². The van der Waals surface area contributed by atoms with Crippen LogP contribution in [0.15, 0.2) is 36.4 Å². The lowest BCUT2D eigenvalue weighted by atomic mass is 9.90. The second-order valence-electron chi connectivity index (χ2n) is 5.55. The second-order valence-corrected chi connectivity index (χ2v) is 5.55. The third-order valence-corrected chi connectivity index (χ3v) is 3.84. The zero-order valence-corrected chi connectivity index (χ0v) is 14.2. The Hall–Kier alpha value is -1.78. The predicted molar refractivity (Wildman–Crippen MR) is 93.8 cm³/mol. The molecule has 0 bridgehead atoms. The summed E-state index contributed by atoms with van der Waals surface area (Å²) in [5, 5.41) is 0. The van der Waals surface area contributed by atoms with E-state index in [1.54, 1.807) is 0 Å². The van der Waals surface area contributed by atoms with E-state index >= 15 is 0 Å². The minimum absolute atomic E-state index is 0.340. The van der Waals surface area contributed by atoms with Crippen LogP contribution in [0.5, 0.6) is 5.75 Å². The highest BCUT2D eigenvalue weighted by molar-refractivity contribution is 5.57. The van der Waals surface area contributed by atoms with Crippen molar-refractivity contribution in [3.05, 3.63) is 47.6 Å². The normalized spacial score (nSPS) is 17.0. The van der Waals surface area contributed by atoms with Gasteiger partial charge in [0, 0.05) is 30.9 Å². The molecular weight excluding hydrogens is 290 g/mol. The van der Waals surface area contributed by atoms with Crippen LogP contribution in [0.4, 0.5) is 5.69 Å². The van der Waals surface area contributed by atoms with E-state index in [4.69, 9.17) is 19.9 Å². The molecule has 1 atom stereocenters. The number of rotatable bonds is 8. The summed E-state index contributed by atoms with van der Waals surface area (Å²) in [6, 6.07) is 4.03. The van der Waals surface area contributed by atoms with Crippen LogP contribution in [0.2, 0.25) is 0 Å². The molecule has 1 aliphatic rings. The van der Waals surface area contributed by atoms with Crippen molar-refractivity contribution in [3.8, 4) is 5.75 Å². The summed E-state index contributed by atoms with van der Waals surface area (Å²) in [5.74, 6) is 1.12. The van der Waals surface area contributed by atoms with Crippen LogP contribution in [-0.4, -0.2) is 26.1 Å². The van der Waals surface area contributed by atoms with Gasteiger partial charge in [0.1, 0.15) is 12.4 Å². The highest BCUT2D eigenvalue weighted by Crippen LogP contribution is 2.33. The minimum Gasteiger partial charge on any atom is -0.488 e. The monoisotopic (exact) mass is 317 g/mol. The Morgan fingerprint density at radius 3 is 2.52 bits per heavy atom. The topological polar surface area (TPSA) is 53.7 Å². The third-order valence-electron chi connectivity index (χ3n) is 3.84. The fraction of sp³-hybridized carbons (Fsp3) is 0.474. The molecule has 1 aliphatic carbocycles. The van der Waals surface area contributed by atoms with E-state index in [0.29, 0.717) is 25.7 Å². The first kappa shape index (κ1) is 17.6. The summed E-state index contributed by atoms with van der Waals surface area (Å²) >= 11 is 0. The largest absolute Gasteiger partial charge is 0.488 e. The van der Waals surface area contributed by atoms with E-state index in [-0.39, 0.29) is 6.29 Å². The Bertz CT molecular complexity index is 560. The molecule has 0 spiro atoms. The van der Waals surface area contributed by atoms with Crippen LogP contribution < -0.4 is 10.5 Å². The number of anilines is 1. The number of hydrogen-bond donors (Lipinski definition) is 1. The van der Waals surface area contributed by atoms with Crippen LogP contribution in [-0.2, 0) is 9.47 Å². The van der Waals surface area contributed by atoms with Crippen LogP contribution in [0.3, 0.4) is 0 Å². The Labute approximate surface area is 138 Å². The summed E-state index contributed by atoms with van der Waals surface area (Å²) in [6.45, 7) is 7.46. The van der Waals surface area contributed by atoms with Crippen molar-refractivity contribution in [1.29, 1.82) is 0 Å². The van der Waals surface area contributed by atoms with E-state index in [1.165, 1.54) is 0 Å². The van der Waals surface area contributed by atoms with Gasteiger partial charge < -0.3 is 19.9 Å². The van der Waals surface area contributed by atoms with Crippen LogP contribution in [0.1, 0.15) is 37.3 Å². The highest BCUT2D eigenvalue weighted by Gasteiger charge is 2.16. The quantitative estimate of drug-likeness (QED) is 0.582. The summed E-state index contributed by atoms with van der Waals surface area (Å²) in [5.41, 5.74) is 9.24. The first-order valence-corrected chi connectivity index (χ1v) is 8.25. The zero-order valence-electron chi connectivity index (χ0n) is 14.2. The van der Waals surface area contributed by atoms with Crippen molar-refractivity contribution in [1.82, 2.24) is 0 Å². The Morgan fingerprint density at radius 2 is 1.91 bits per heavy atom. The fourth-order valence-electron chi connectivity index (χ4n) is 2.69. The molecule has 126 valence electrons. The van der Waals surface area contributed by atoms with Crippen LogP contribution >= 0.6 is 0 Å². The molecule has 0 fully saturated rings. The van der Waals surface area contributed by atoms with E-state index in [0.717, 1.165) is 29.0 Å². The van der Waals surface area contributed by atoms with Crippen LogP contribution in [0.25, 0.3) is 0 Å². The standard InChI is InChI=1S/C19H27NO3/c1-4-21-19(22-5-2)13-23-18-12-17(20)16(11-14(18)3)15-9-7-6-8-10-15/h6-9,11-12,15,19H,4-5,10,13,20H2,1-3H3/t15-/m1/s1. The van der Waals surface area contributed by atoms with E-state index in [1.807, 2.05) is 26.8 Å². The first-order chi connectivity index (χ1) is 11.2. The summed E-state index contributed by atoms with van der Waals surface area (Å²) in [6.07, 6.45) is 9.12. The van der Waals surface area contributed by atoms with E-state index in [9.17, 15) is 0 Å². The van der Waals surface area contributed by atoms with Gasteiger partial charge >= 0.3 is 0 Å². The van der Waals surface area contributed by atoms with Gasteiger partial charge in [-0.2, -0.15) is 0 Å². The van der Waals surface area contributed by atoms with Crippen LogP contribution in [0, 0.1) is 6.92 Å². The van der Waals surface area contributed by atoms with Gasteiger partial charge in [-0.3, -0.25) is 0 Å². The molecule has 0 aliphatic heterocycles. The van der Waals surface area contributed by atoms with Gasteiger partial charge in [0.05, 0.1) is 0 Å². The smallest absolute Gasteiger partial charge is 0.191 e. The average Bonchev–Trinajstić information content (AvgIpc) is 2.56. The first-order valence-electron chi connectivity index (χ1n) is 8.25. The lowest BCUT2D eigenvalue weighted by Crippen LogP contribution is -2.25. The van der Waals surface area contributed by atoms with Gasteiger partial charge in [-0.15, -0.1) is 0 Å². The van der Waals surface area contributed by atoms with E-state index in [2.05, 4.69) is 30.4 Å². The molecule has 4 heteroatoms. The Morgan fingerprint density at radius 1 is 1.17 bits per heavy atom. The highest BCUT2D eigenvalue weighted by atomic mass is 16.7. The second kappa shape index (κ2) is 8.75. The molecule has 0 heterocycles. The molecule has 4 nitrogen and oxygen atoms in total. The van der Waals surface area contributed by atoms with Crippen molar-refractivity contribution < 1.29 is 14.2 Å². The molecule has 0 unspecified atom stereocenters. The minimum atomic E-state index is -0.350. The summed E-state index contributed by atoms with van der Waals surface area (Å²) < 4.78 is 16.9. The number of ether oxygens (including phenoxy) is 3. The number of aryl methyl sites for hydroxylation is 1. The molecule has 1 aromatic carbocycles. The predicted octanol–water partition coefficient (Wildman–Crippen LogP) is 3.95. The van der Waals surface area contributed by atoms with E-state index < -0.39 is 0 Å². The van der Waals surface area contributed by atoms with Gasteiger partial charge in [0.2, 0.25) is 0 Å². The van der Waals surface area contributed by atoms with Crippen molar-refractivity contribution in [2.75, 3.05) is 25.6 Å². The number of benzene rings is 1. The molecule has 0 radical (unpaired) electrons. The van der Waals surface area contributed by atoms with Gasteiger partial charge in [-0.05, 0) is 44.4 Å².